The maximum Gasteiger partial charge on any atom is 0.387 e. The second-order valence-corrected chi connectivity index (χ2v) is 8.84. The second-order valence-electron chi connectivity index (χ2n) is 7.92. The summed E-state index contributed by atoms with van der Waals surface area (Å²) < 4.78 is 43.9. The molecule has 0 aliphatic rings. The highest BCUT2D eigenvalue weighted by molar-refractivity contribution is 9.10. The molecule has 1 heterocycles. The Bertz CT molecular complexity index is 1370. The van der Waals surface area contributed by atoms with Crippen molar-refractivity contribution in [2.75, 3.05) is 6.61 Å². The van der Waals surface area contributed by atoms with Gasteiger partial charge < -0.3 is 18.8 Å². The molecule has 0 fully saturated rings. The Morgan fingerprint density at radius 3 is 2.47 bits per heavy atom. The molecule has 38 heavy (non-hydrogen) atoms. The number of aryl methyl sites for hydroxylation is 1. The Balaban J connectivity index is 0.00000195. The molecular formula is C30H30BrF2NO4. The molecule has 0 aliphatic heterocycles. The van der Waals surface area contributed by atoms with E-state index in [0.29, 0.717) is 23.5 Å². The topological polar surface area (TPSA) is 49.7 Å². The number of hydrogen-bond acceptors (Lipinski definition) is 4. The number of nitrogens with zero attached hydrogens (tertiary/aromatic N) is 1. The third-order valence-electron chi connectivity index (χ3n) is 5.43. The maximum absolute atomic E-state index is 12.6. The SMILES string of the molecule is CC.CCOC(=O)c1cccc(-n2c(C)ccc2-c2cc(Br)ccc2OCc2cccc(OC(F)F)c2)c1. The van der Waals surface area contributed by atoms with Crippen LogP contribution in [0.15, 0.2) is 83.3 Å². The van der Waals surface area contributed by atoms with E-state index in [-0.39, 0.29) is 18.3 Å². The minimum Gasteiger partial charge on any atom is -0.488 e. The van der Waals surface area contributed by atoms with E-state index >= 15 is 0 Å². The van der Waals surface area contributed by atoms with Gasteiger partial charge in [0.25, 0.3) is 0 Å². The number of carbonyl (C=O) groups excluding carboxylic acids is 1. The van der Waals surface area contributed by atoms with E-state index < -0.39 is 6.61 Å². The molecule has 0 radical (unpaired) electrons. The molecule has 200 valence electrons. The lowest BCUT2D eigenvalue weighted by atomic mass is 10.1. The first-order valence-electron chi connectivity index (χ1n) is 12.3. The summed E-state index contributed by atoms with van der Waals surface area (Å²) in [5.41, 5.74) is 4.61. The summed E-state index contributed by atoms with van der Waals surface area (Å²) in [7, 11) is 0. The molecule has 5 nitrogen and oxygen atoms in total. The standard InChI is InChI=1S/C28H24BrF2NO4.C2H6/c1-3-34-27(33)20-7-5-8-22(15-20)32-18(2)10-12-25(32)24-16-21(29)11-13-26(24)35-17-19-6-4-9-23(14-19)36-28(30)31;1-2/h4-16,28H,3,17H2,1-2H3;1-2H3. The van der Waals surface area contributed by atoms with Crippen molar-refractivity contribution < 1.29 is 27.8 Å². The van der Waals surface area contributed by atoms with Crippen LogP contribution < -0.4 is 9.47 Å². The van der Waals surface area contributed by atoms with Crippen molar-refractivity contribution in [2.45, 2.75) is 40.9 Å². The van der Waals surface area contributed by atoms with E-state index in [0.717, 1.165) is 27.1 Å². The number of benzene rings is 3. The number of hydrogen-bond donors (Lipinski definition) is 0. The molecule has 0 bridgehead atoms. The molecule has 0 saturated carbocycles. The molecule has 0 saturated heterocycles. The van der Waals surface area contributed by atoms with E-state index in [1.165, 1.54) is 12.1 Å². The predicted octanol–water partition coefficient (Wildman–Crippen LogP) is 8.60. The molecule has 3 aromatic carbocycles. The normalized spacial score (nSPS) is 10.5. The summed E-state index contributed by atoms with van der Waals surface area (Å²) in [6.45, 7) is 5.32. The zero-order valence-electron chi connectivity index (χ0n) is 21.7. The molecule has 0 amide bonds. The van der Waals surface area contributed by atoms with Gasteiger partial charge in [0.2, 0.25) is 0 Å². The van der Waals surface area contributed by atoms with Crippen LogP contribution in [-0.4, -0.2) is 23.8 Å². The van der Waals surface area contributed by atoms with Gasteiger partial charge in [-0.05, 0) is 80.1 Å². The van der Waals surface area contributed by atoms with E-state index in [2.05, 4.69) is 20.7 Å². The van der Waals surface area contributed by atoms with Gasteiger partial charge in [-0.3, -0.25) is 0 Å². The number of rotatable bonds is 9. The summed E-state index contributed by atoms with van der Waals surface area (Å²) in [4.78, 5) is 12.3. The zero-order chi connectivity index (χ0) is 27.7. The van der Waals surface area contributed by atoms with Crippen LogP contribution in [0.3, 0.4) is 0 Å². The highest BCUT2D eigenvalue weighted by atomic mass is 79.9. The first kappa shape index (κ1) is 28.9. The Morgan fingerprint density at radius 1 is 0.974 bits per heavy atom. The monoisotopic (exact) mass is 585 g/mol. The third kappa shape index (κ3) is 7.22. The number of esters is 1. The molecule has 1 aromatic heterocycles. The zero-order valence-corrected chi connectivity index (χ0v) is 23.3. The van der Waals surface area contributed by atoms with Gasteiger partial charge in [0.05, 0.1) is 17.9 Å². The van der Waals surface area contributed by atoms with Gasteiger partial charge in [-0.2, -0.15) is 8.78 Å². The molecule has 0 spiro atoms. The highest BCUT2D eigenvalue weighted by Crippen LogP contribution is 2.36. The number of alkyl halides is 2. The maximum atomic E-state index is 12.6. The van der Waals surface area contributed by atoms with Crippen molar-refractivity contribution in [3.63, 3.8) is 0 Å². The van der Waals surface area contributed by atoms with Crippen LogP contribution in [0.2, 0.25) is 0 Å². The van der Waals surface area contributed by atoms with Gasteiger partial charge in [-0.25, -0.2) is 4.79 Å². The number of ether oxygens (including phenoxy) is 3. The van der Waals surface area contributed by atoms with E-state index in [1.54, 1.807) is 31.2 Å². The Labute approximate surface area is 230 Å². The van der Waals surface area contributed by atoms with Crippen LogP contribution in [0.4, 0.5) is 8.78 Å². The summed E-state index contributed by atoms with van der Waals surface area (Å²) in [5.74, 6) is 0.308. The molecule has 8 heteroatoms. The third-order valence-corrected chi connectivity index (χ3v) is 5.92. The molecule has 4 rings (SSSR count). The second kappa shape index (κ2) is 13.8. The first-order valence-corrected chi connectivity index (χ1v) is 13.1. The number of aromatic nitrogens is 1. The van der Waals surface area contributed by atoms with Gasteiger partial charge in [-0.15, -0.1) is 0 Å². The summed E-state index contributed by atoms with van der Waals surface area (Å²) in [6, 6.07) is 23.3. The van der Waals surface area contributed by atoms with Crippen LogP contribution >= 0.6 is 15.9 Å². The fourth-order valence-corrected chi connectivity index (χ4v) is 4.24. The Morgan fingerprint density at radius 2 is 1.74 bits per heavy atom. The van der Waals surface area contributed by atoms with Crippen molar-refractivity contribution in [1.82, 2.24) is 4.57 Å². The number of carbonyl (C=O) groups is 1. The van der Waals surface area contributed by atoms with Gasteiger partial charge in [-0.1, -0.05) is 48.0 Å². The lowest BCUT2D eigenvalue weighted by molar-refractivity contribution is -0.0499. The highest BCUT2D eigenvalue weighted by Gasteiger charge is 2.17. The van der Waals surface area contributed by atoms with Crippen molar-refractivity contribution in [3.8, 4) is 28.4 Å². The van der Waals surface area contributed by atoms with Gasteiger partial charge in [0.15, 0.2) is 0 Å². The first-order chi connectivity index (χ1) is 18.4. The summed E-state index contributed by atoms with van der Waals surface area (Å²) >= 11 is 3.54. The Hall–Kier alpha value is -3.65. The van der Waals surface area contributed by atoms with Crippen LogP contribution in [0, 0.1) is 6.92 Å². The van der Waals surface area contributed by atoms with Crippen LogP contribution in [0.5, 0.6) is 11.5 Å². The lowest BCUT2D eigenvalue weighted by Crippen LogP contribution is -2.07. The van der Waals surface area contributed by atoms with E-state index in [9.17, 15) is 13.6 Å². The summed E-state index contributed by atoms with van der Waals surface area (Å²) in [5, 5.41) is 0. The molecule has 0 N–H and O–H groups in total. The predicted molar refractivity (Wildman–Crippen MR) is 148 cm³/mol. The molecule has 0 unspecified atom stereocenters. The smallest absolute Gasteiger partial charge is 0.387 e. The van der Waals surface area contributed by atoms with Crippen LogP contribution in [0.1, 0.15) is 42.4 Å². The minimum absolute atomic E-state index is 0.0770. The van der Waals surface area contributed by atoms with E-state index in [1.807, 2.05) is 67.8 Å². The Kier molecular flexibility index (Phi) is 10.5. The number of halogens is 3. The van der Waals surface area contributed by atoms with Crippen molar-refractivity contribution >= 4 is 21.9 Å². The molecular weight excluding hydrogens is 556 g/mol. The largest absolute Gasteiger partial charge is 0.488 e. The van der Waals surface area contributed by atoms with Gasteiger partial charge in [0, 0.05) is 21.4 Å². The minimum atomic E-state index is -2.89. The molecule has 0 atom stereocenters. The van der Waals surface area contributed by atoms with Crippen molar-refractivity contribution in [1.29, 1.82) is 0 Å². The van der Waals surface area contributed by atoms with Crippen molar-refractivity contribution in [3.05, 3.63) is 100 Å². The van der Waals surface area contributed by atoms with Gasteiger partial charge >= 0.3 is 12.6 Å². The summed E-state index contributed by atoms with van der Waals surface area (Å²) in [6.07, 6.45) is 0. The van der Waals surface area contributed by atoms with E-state index in [4.69, 9.17) is 9.47 Å². The fraction of sp³-hybridized carbons (Fsp3) is 0.233. The van der Waals surface area contributed by atoms with Gasteiger partial charge in [0.1, 0.15) is 18.1 Å². The average molecular weight is 586 g/mol. The lowest BCUT2D eigenvalue weighted by Gasteiger charge is -2.17. The fourth-order valence-electron chi connectivity index (χ4n) is 3.88. The molecule has 0 aliphatic carbocycles. The van der Waals surface area contributed by atoms with Crippen LogP contribution in [0.25, 0.3) is 16.9 Å². The average Bonchev–Trinajstić information content (AvgIpc) is 3.30. The molecule has 4 aromatic rings. The van der Waals surface area contributed by atoms with Crippen LogP contribution in [-0.2, 0) is 11.3 Å². The van der Waals surface area contributed by atoms with Crippen molar-refractivity contribution in [2.24, 2.45) is 0 Å². The quantitative estimate of drug-likeness (QED) is 0.184.